The number of hydrogen-bond acceptors (Lipinski definition) is 1. The van der Waals surface area contributed by atoms with Crippen molar-refractivity contribution < 1.29 is 13.2 Å². The summed E-state index contributed by atoms with van der Waals surface area (Å²) in [6.07, 6.45) is 2.09. The van der Waals surface area contributed by atoms with Crippen molar-refractivity contribution in [3.05, 3.63) is 35.1 Å². The van der Waals surface area contributed by atoms with Crippen molar-refractivity contribution in [2.24, 2.45) is 5.73 Å². The van der Waals surface area contributed by atoms with Gasteiger partial charge in [0, 0.05) is 11.6 Å². The van der Waals surface area contributed by atoms with Gasteiger partial charge in [0.1, 0.15) is 5.82 Å². The third kappa shape index (κ3) is 2.72. The summed E-state index contributed by atoms with van der Waals surface area (Å²) < 4.78 is 39.3. The van der Waals surface area contributed by atoms with Gasteiger partial charge in [0.05, 0.1) is 0 Å². The maximum atomic E-state index is 13.2. The third-order valence-corrected chi connectivity index (χ3v) is 2.32. The number of benzene rings is 1. The molecule has 1 rings (SSSR count). The lowest BCUT2D eigenvalue weighted by Crippen LogP contribution is -2.15. The molecule has 0 aliphatic rings. The molecule has 0 aliphatic carbocycles. The fourth-order valence-electron chi connectivity index (χ4n) is 1.45. The van der Waals surface area contributed by atoms with Crippen LogP contribution < -0.4 is 5.73 Å². The Morgan fingerprint density at radius 2 is 1.80 bits per heavy atom. The minimum absolute atomic E-state index is 0.344. The maximum Gasteiger partial charge on any atom is 0.166 e. The summed E-state index contributed by atoms with van der Waals surface area (Å²) in [6, 6.07) is 0.890. The molecule has 0 unspecified atom stereocenters. The zero-order valence-corrected chi connectivity index (χ0v) is 8.56. The molecule has 0 bridgehead atoms. The van der Waals surface area contributed by atoms with Crippen LogP contribution in [0.15, 0.2) is 12.1 Å². The smallest absolute Gasteiger partial charge is 0.166 e. The minimum Gasteiger partial charge on any atom is -0.324 e. The molecule has 0 saturated carbocycles. The highest BCUT2D eigenvalue weighted by molar-refractivity contribution is 5.24. The van der Waals surface area contributed by atoms with E-state index in [2.05, 4.69) is 0 Å². The summed E-state index contributed by atoms with van der Waals surface area (Å²) in [7, 11) is 0. The molecule has 0 spiro atoms. The summed E-state index contributed by atoms with van der Waals surface area (Å²) >= 11 is 0. The molecular weight excluding hydrogens is 203 g/mol. The molecule has 1 aromatic carbocycles. The van der Waals surface area contributed by atoms with E-state index < -0.39 is 23.5 Å². The van der Waals surface area contributed by atoms with Gasteiger partial charge in [0.15, 0.2) is 11.6 Å². The van der Waals surface area contributed by atoms with Crippen LogP contribution in [0.5, 0.6) is 0 Å². The van der Waals surface area contributed by atoms with Crippen LogP contribution in [0.3, 0.4) is 0 Å². The minimum atomic E-state index is -1.17. The first kappa shape index (κ1) is 12.0. The lowest BCUT2D eigenvalue weighted by molar-refractivity contribution is 0.455. The van der Waals surface area contributed by atoms with Gasteiger partial charge in [-0.1, -0.05) is 19.8 Å². The normalized spacial score (nSPS) is 12.9. The Bertz CT molecular complexity index is 339. The first-order valence-electron chi connectivity index (χ1n) is 4.96. The summed E-state index contributed by atoms with van der Waals surface area (Å²) in [6.45, 7) is 1.95. The summed E-state index contributed by atoms with van der Waals surface area (Å²) in [5, 5.41) is 0. The second-order valence-electron chi connectivity index (χ2n) is 3.51. The molecule has 4 heteroatoms. The average Bonchev–Trinajstić information content (AvgIpc) is 2.21. The topological polar surface area (TPSA) is 26.0 Å². The van der Waals surface area contributed by atoms with Gasteiger partial charge in [-0.25, -0.2) is 13.2 Å². The van der Waals surface area contributed by atoms with Crippen molar-refractivity contribution >= 4 is 0 Å². The van der Waals surface area contributed by atoms with E-state index in [0.717, 1.165) is 25.0 Å². The Kier molecular flexibility index (Phi) is 4.15. The number of nitrogens with two attached hydrogens (primary N) is 1. The molecule has 0 heterocycles. The van der Waals surface area contributed by atoms with Crippen LogP contribution in [0.2, 0.25) is 0 Å². The zero-order chi connectivity index (χ0) is 11.4. The first-order valence-corrected chi connectivity index (χ1v) is 4.96. The number of halogens is 3. The van der Waals surface area contributed by atoms with Gasteiger partial charge in [-0.2, -0.15) is 0 Å². The van der Waals surface area contributed by atoms with Crippen LogP contribution in [0.25, 0.3) is 0 Å². The monoisotopic (exact) mass is 217 g/mol. The van der Waals surface area contributed by atoms with Crippen LogP contribution in [0, 0.1) is 17.5 Å². The largest absolute Gasteiger partial charge is 0.324 e. The standard InChI is InChI=1S/C11H14F3N/c1-2-3-4-9(15)10-7(12)5-6-8(13)11(10)14/h5-6,9H,2-4,15H2,1H3/t9-/m1/s1. The van der Waals surface area contributed by atoms with Gasteiger partial charge in [-0.15, -0.1) is 0 Å². The quantitative estimate of drug-likeness (QED) is 0.769. The van der Waals surface area contributed by atoms with E-state index in [1.165, 1.54) is 0 Å². The highest BCUT2D eigenvalue weighted by atomic mass is 19.2. The van der Waals surface area contributed by atoms with Crippen molar-refractivity contribution in [3.8, 4) is 0 Å². The van der Waals surface area contributed by atoms with E-state index in [0.29, 0.717) is 6.42 Å². The van der Waals surface area contributed by atoms with Crippen molar-refractivity contribution in [2.45, 2.75) is 32.2 Å². The lowest BCUT2D eigenvalue weighted by atomic mass is 10.0. The second-order valence-corrected chi connectivity index (χ2v) is 3.51. The Labute approximate surface area is 87.1 Å². The van der Waals surface area contributed by atoms with E-state index in [1.807, 2.05) is 6.92 Å². The SMILES string of the molecule is CCCC[C@@H](N)c1c(F)ccc(F)c1F. The molecule has 15 heavy (non-hydrogen) atoms. The van der Waals surface area contributed by atoms with E-state index in [9.17, 15) is 13.2 Å². The summed E-state index contributed by atoms with van der Waals surface area (Å²) in [4.78, 5) is 0. The van der Waals surface area contributed by atoms with Gasteiger partial charge in [-0.3, -0.25) is 0 Å². The molecular formula is C11H14F3N. The summed E-state index contributed by atoms with van der Waals surface area (Å²) in [5.41, 5.74) is 5.26. The van der Waals surface area contributed by atoms with E-state index in [-0.39, 0.29) is 5.56 Å². The van der Waals surface area contributed by atoms with Gasteiger partial charge >= 0.3 is 0 Å². The Morgan fingerprint density at radius 1 is 1.20 bits per heavy atom. The number of hydrogen-bond donors (Lipinski definition) is 1. The predicted molar refractivity (Wildman–Crippen MR) is 52.8 cm³/mol. The first-order chi connectivity index (χ1) is 7.07. The third-order valence-electron chi connectivity index (χ3n) is 2.32. The van der Waals surface area contributed by atoms with Gasteiger partial charge in [0.25, 0.3) is 0 Å². The molecule has 0 amide bonds. The van der Waals surface area contributed by atoms with Crippen molar-refractivity contribution in [1.29, 1.82) is 0 Å². The van der Waals surface area contributed by atoms with Crippen LogP contribution in [0.1, 0.15) is 37.8 Å². The van der Waals surface area contributed by atoms with Gasteiger partial charge in [0.2, 0.25) is 0 Å². The van der Waals surface area contributed by atoms with Crippen molar-refractivity contribution in [1.82, 2.24) is 0 Å². The highest BCUT2D eigenvalue weighted by Gasteiger charge is 2.19. The highest BCUT2D eigenvalue weighted by Crippen LogP contribution is 2.24. The molecule has 0 radical (unpaired) electrons. The molecule has 1 aromatic rings. The lowest BCUT2D eigenvalue weighted by Gasteiger charge is -2.13. The average molecular weight is 217 g/mol. The fraction of sp³-hybridized carbons (Fsp3) is 0.455. The van der Waals surface area contributed by atoms with Crippen molar-refractivity contribution in [3.63, 3.8) is 0 Å². The van der Waals surface area contributed by atoms with Crippen LogP contribution in [-0.4, -0.2) is 0 Å². The van der Waals surface area contributed by atoms with Crippen LogP contribution in [-0.2, 0) is 0 Å². The molecule has 1 nitrogen and oxygen atoms in total. The predicted octanol–water partition coefficient (Wildman–Crippen LogP) is 3.29. The van der Waals surface area contributed by atoms with E-state index in [1.54, 1.807) is 0 Å². The summed E-state index contributed by atoms with van der Waals surface area (Å²) in [5.74, 6) is -3.01. The van der Waals surface area contributed by atoms with Crippen LogP contribution in [0.4, 0.5) is 13.2 Å². The molecule has 0 fully saturated rings. The Hall–Kier alpha value is -1.03. The Balaban J connectivity index is 2.96. The molecule has 0 saturated heterocycles. The molecule has 1 atom stereocenters. The maximum absolute atomic E-state index is 13.2. The molecule has 84 valence electrons. The van der Waals surface area contributed by atoms with Gasteiger partial charge in [-0.05, 0) is 18.6 Å². The van der Waals surface area contributed by atoms with E-state index in [4.69, 9.17) is 5.73 Å². The molecule has 2 N–H and O–H groups in total. The van der Waals surface area contributed by atoms with Crippen LogP contribution >= 0.6 is 0 Å². The zero-order valence-electron chi connectivity index (χ0n) is 8.56. The van der Waals surface area contributed by atoms with E-state index >= 15 is 0 Å². The molecule has 0 aromatic heterocycles. The Morgan fingerprint density at radius 3 is 2.40 bits per heavy atom. The number of rotatable bonds is 4. The fourth-order valence-corrected chi connectivity index (χ4v) is 1.45. The second kappa shape index (κ2) is 5.16. The van der Waals surface area contributed by atoms with Crippen molar-refractivity contribution in [2.75, 3.05) is 0 Å². The molecule has 0 aliphatic heterocycles. The number of unbranched alkanes of at least 4 members (excludes halogenated alkanes) is 1. The van der Waals surface area contributed by atoms with Gasteiger partial charge < -0.3 is 5.73 Å².